The second-order valence-electron chi connectivity index (χ2n) is 5.18. The minimum absolute atomic E-state index is 0.274. The van der Waals surface area contributed by atoms with Crippen molar-refractivity contribution in [3.8, 4) is 0 Å². The van der Waals surface area contributed by atoms with E-state index in [0.29, 0.717) is 24.2 Å². The Bertz CT molecular complexity index is 759. The van der Waals surface area contributed by atoms with Crippen LogP contribution in [0.5, 0.6) is 0 Å². The van der Waals surface area contributed by atoms with Gasteiger partial charge >= 0.3 is 5.97 Å². The van der Waals surface area contributed by atoms with Gasteiger partial charge in [0.1, 0.15) is 6.04 Å². The zero-order valence-corrected chi connectivity index (χ0v) is 14.1. The third-order valence-electron chi connectivity index (χ3n) is 3.86. The molecule has 0 aliphatic carbocycles. The minimum atomic E-state index is -0.990. The Morgan fingerprint density at radius 2 is 2.23 bits per heavy atom. The first kappa shape index (κ1) is 15.2. The molecule has 0 bridgehead atoms. The fraction of sp³-hybridized carbons (Fsp3) is 0.267. The quantitative estimate of drug-likeness (QED) is 0.869. The number of halogens is 1. The van der Waals surface area contributed by atoms with Gasteiger partial charge in [0.15, 0.2) is 0 Å². The second kappa shape index (κ2) is 5.81. The number of carboxylic acids is 1. The summed E-state index contributed by atoms with van der Waals surface area (Å²) in [6.07, 6.45) is 0.300. The van der Waals surface area contributed by atoms with E-state index in [2.05, 4.69) is 20.3 Å². The van der Waals surface area contributed by atoms with E-state index in [4.69, 9.17) is 0 Å². The van der Waals surface area contributed by atoms with E-state index in [1.165, 1.54) is 16.4 Å². The van der Waals surface area contributed by atoms with E-state index in [0.717, 1.165) is 15.6 Å². The van der Waals surface area contributed by atoms with Gasteiger partial charge in [-0.25, -0.2) is 4.79 Å². The summed E-state index contributed by atoms with van der Waals surface area (Å²) in [5.74, 6) is -1.26. The van der Waals surface area contributed by atoms with E-state index in [-0.39, 0.29) is 5.91 Å². The van der Waals surface area contributed by atoms with Crippen molar-refractivity contribution in [1.82, 2.24) is 9.27 Å². The number of amides is 1. The number of rotatable bonds is 2. The zero-order valence-electron chi connectivity index (χ0n) is 11.7. The van der Waals surface area contributed by atoms with E-state index in [9.17, 15) is 14.7 Å². The average molecular weight is 381 g/mol. The molecule has 1 atom stereocenters. The molecular formula is C15H13BrN2O3S. The normalized spacial score (nSPS) is 17.2. The molecule has 2 heterocycles. The van der Waals surface area contributed by atoms with Gasteiger partial charge in [-0.3, -0.25) is 4.79 Å². The molecule has 1 amide bonds. The summed E-state index contributed by atoms with van der Waals surface area (Å²) in [6.45, 7) is 2.05. The molecule has 1 N–H and O–H groups in total. The molecule has 3 rings (SSSR count). The molecule has 1 unspecified atom stereocenters. The highest BCUT2D eigenvalue weighted by Crippen LogP contribution is 2.30. The highest BCUT2D eigenvalue weighted by atomic mass is 79.9. The van der Waals surface area contributed by atoms with Gasteiger partial charge in [-0.15, -0.1) is 0 Å². The van der Waals surface area contributed by atoms with Crippen LogP contribution in [0, 0.1) is 6.92 Å². The van der Waals surface area contributed by atoms with Crippen LogP contribution in [-0.2, 0) is 17.8 Å². The minimum Gasteiger partial charge on any atom is -0.480 e. The number of carbonyl (C=O) groups excluding carboxylic acids is 1. The zero-order chi connectivity index (χ0) is 15.9. The molecule has 22 heavy (non-hydrogen) atoms. The summed E-state index contributed by atoms with van der Waals surface area (Å²) in [5.41, 5.74) is 3.05. The number of hydrogen-bond donors (Lipinski definition) is 1. The highest BCUT2D eigenvalue weighted by Gasteiger charge is 2.36. The van der Waals surface area contributed by atoms with Crippen LogP contribution in [0.4, 0.5) is 0 Å². The summed E-state index contributed by atoms with van der Waals surface area (Å²) < 4.78 is 4.99. The molecule has 0 spiro atoms. The van der Waals surface area contributed by atoms with Gasteiger partial charge in [-0.05, 0) is 35.6 Å². The molecule has 1 aromatic heterocycles. The van der Waals surface area contributed by atoms with Crippen LogP contribution in [0.15, 0.2) is 28.1 Å². The fourth-order valence-corrected chi connectivity index (χ4v) is 3.92. The van der Waals surface area contributed by atoms with E-state index in [1.54, 1.807) is 12.3 Å². The standard InChI is InChI=1S/C15H13BrN2O3S/c1-8-11(7-22-17-8)14(19)18-6-9-3-2-4-12(16)10(9)5-13(18)15(20)21/h2-4,7,13H,5-6H2,1H3,(H,20,21). The van der Waals surface area contributed by atoms with Gasteiger partial charge in [-0.2, -0.15) is 4.37 Å². The molecule has 0 saturated carbocycles. The van der Waals surface area contributed by atoms with E-state index < -0.39 is 12.0 Å². The summed E-state index contributed by atoms with van der Waals surface area (Å²) in [7, 11) is 0. The van der Waals surface area contributed by atoms with Crippen LogP contribution in [0.2, 0.25) is 0 Å². The summed E-state index contributed by atoms with van der Waals surface area (Å²) in [4.78, 5) is 25.8. The highest BCUT2D eigenvalue weighted by molar-refractivity contribution is 9.10. The lowest BCUT2D eigenvalue weighted by atomic mass is 9.93. The van der Waals surface area contributed by atoms with Gasteiger partial charge in [0.2, 0.25) is 0 Å². The van der Waals surface area contributed by atoms with Crippen LogP contribution in [-0.4, -0.2) is 32.3 Å². The Labute approximate surface area is 139 Å². The lowest BCUT2D eigenvalue weighted by Crippen LogP contribution is -2.48. The van der Waals surface area contributed by atoms with Crippen molar-refractivity contribution in [3.05, 3.63) is 50.4 Å². The first-order valence-corrected chi connectivity index (χ1v) is 8.33. The van der Waals surface area contributed by atoms with Crippen LogP contribution < -0.4 is 0 Å². The van der Waals surface area contributed by atoms with Crippen molar-refractivity contribution in [3.63, 3.8) is 0 Å². The Kier molecular flexibility index (Phi) is 4.01. The van der Waals surface area contributed by atoms with Crippen molar-refractivity contribution >= 4 is 39.3 Å². The van der Waals surface area contributed by atoms with Crippen molar-refractivity contribution in [2.75, 3.05) is 0 Å². The monoisotopic (exact) mass is 380 g/mol. The SMILES string of the molecule is Cc1nscc1C(=O)N1Cc2cccc(Br)c2CC1C(=O)O. The predicted molar refractivity (Wildman–Crippen MR) is 86.0 cm³/mol. The maximum absolute atomic E-state index is 12.7. The number of hydrogen-bond acceptors (Lipinski definition) is 4. The molecule has 0 saturated heterocycles. The molecule has 1 aliphatic heterocycles. The Morgan fingerprint density at radius 3 is 2.86 bits per heavy atom. The molecule has 1 aliphatic rings. The Morgan fingerprint density at radius 1 is 1.45 bits per heavy atom. The number of aryl methyl sites for hydroxylation is 1. The average Bonchev–Trinajstić information content (AvgIpc) is 2.91. The lowest BCUT2D eigenvalue weighted by molar-refractivity contribution is -0.142. The van der Waals surface area contributed by atoms with Gasteiger partial charge in [0.05, 0.1) is 11.3 Å². The second-order valence-corrected chi connectivity index (χ2v) is 6.67. The summed E-state index contributed by atoms with van der Waals surface area (Å²) in [6, 6.07) is 4.85. The Balaban J connectivity index is 2.01. The molecule has 0 fully saturated rings. The first-order valence-electron chi connectivity index (χ1n) is 6.70. The molecule has 0 radical (unpaired) electrons. The van der Waals surface area contributed by atoms with Crippen molar-refractivity contribution in [1.29, 1.82) is 0 Å². The molecular weight excluding hydrogens is 368 g/mol. The van der Waals surface area contributed by atoms with Crippen molar-refractivity contribution < 1.29 is 14.7 Å². The number of aromatic nitrogens is 1. The molecule has 1 aromatic carbocycles. The van der Waals surface area contributed by atoms with Gasteiger partial charge < -0.3 is 10.0 Å². The number of aliphatic carboxylic acids is 1. The van der Waals surface area contributed by atoms with Gasteiger partial charge in [0.25, 0.3) is 5.91 Å². The largest absolute Gasteiger partial charge is 0.480 e. The van der Waals surface area contributed by atoms with Gasteiger partial charge in [-0.1, -0.05) is 28.1 Å². The van der Waals surface area contributed by atoms with Crippen molar-refractivity contribution in [2.24, 2.45) is 0 Å². The molecule has 114 valence electrons. The molecule has 5 nitrogen and oxygen atoms in total. The van der Waals surface area contributed by atoms with Crippen molar-refractivity contribution in [2.45, 2.75) is 25.9 Å². The number of carbonyl (C=O) groups is 2. The van der Waals surface area contributed by atoms with E-state index >= 15 is 0 Å². The smallest absolute Gasteiger partial charge is 0.326 e. The molecule has 7 heteroatoms. The fourth-order valence-electron chi connectivity index (χ4n) is 2.66. The number of fused-ring (bicyclic) bond motifs is 1. The summed E-state index contributed by atoms with van der Waals surface area (Å²) in [5, 5.41) is 11.2. The maximum Gasteiger partial charge on any atom is 0.326 e. The number of benzene rings is 1. The molecule has 2 aromatic rings. The lowest BCUT2D eigenvalue weighted by Gasteiger charge is -2.34. The van der Waals surface area contributed by atoms with Crippen LogP contribution in [0.25, 0.3) is 0 Å². The predicted octanol–water partition coefficient (Wildman–Crippen LogP) is 2.87. The Hall–Kier alpha value is -1.73. The third-order valence-corrected chi connectivity index (χ3v) is 5.32. The topological polar surface area (TPSA) is 70.5 Å². The third kappa shape index (κ3) is 2.55. The van der Waals surface area contributed by atoms with Crippen LogP contribution >= 0.6 is 27.5 Å². The summed E-state index contributed by atoms with van der Waals surface area (Å²) >= 11 is 4.66. The van der Waals surface area contributed by atoms with E-state index in [1.807, 2.05) is 18.2 Å². The first-order chi connectivity index (χ1) is 10.5. The number of carboxylic acid groups (broad SMARTS) is 1. The van der Waals surface area contributed by atoms with Gasteiger partial charge in [0, 0.05) is 22.8 Å². The number of nitrogens with zero attached hydrogens (tertiary/aromatic N) is 2. The van der Waals surface area contributed by atoms with Crippen LogP contribution in [0.1, 0.15) is 27.2 Å². The maximum atomic E-state index is 12.7. The van der Waals surface area contributed by atoms with Crippen LogP contribution in [0.3, 0.4) is 0 Å².